The summed E-state index contributed by atoms with van der Waals surface area (Å²) in [7, 11) is 1.38. The van der Waals surface area contributed by atoms with Gasteiger partial charge in [-0.05, 0) is 44.3 Å². The first-order valence-corrected chi connectivity index (χ1v) is 8.85. The van der Waals surface area contributed by atoms with E-state index in [1.807, 2.05) is 18.2 Å². The van der Waals surface area contributed by atoms with Crippen LogP contribution in [0.2, 0.25) is 0 Å². The van der Waals surface area contributed by atoms with E-state index in [4.69, 9.17) is 4.74 Å². The summed E-state index contributed by atoms with van der Waals surface area (Å²) in [5.41, 5.74) is 1.23. The SMILES string of the molecule is COC(=O)[C@@H]1CC[C@H]1C(=O)NC[C@H](c1ccccc1)N1CCCC1. The van der Waals surface area contributed by atoms with Gasteiger partial charge in [-0.3, -0.25) is 14.5 Å². The van der Waals surface area contributed by atoms with Crippen LogP contribution in [0.4, 0.5) is 0 Å². The molecular weight excluding hydrogens is 304 g/mol. The highest BCUT2D eigenvalue weighted by atomic mass is 16.5. The van der Waals surface area contributed by atoms with Crippen molar-refractivity contribution < 1.29 is 14.3 Å². The minimum absolute atomic E-state index is 0.0169. The van der Waals surface area contributed by atoms with Crippen molar-refractivity contribution in [3.8, 4) is 0 Å². The molecule has 2 fully saturated rings. The number of carbonyl (C=O) groups is 2. The van der Waals surface area contributed by atoms with Crippen molar-refractivity contribution in [3.05, 3.63) is 35.9 Å². The van der Waals surface area contributed by atoms with Crippen LogP contribution >= 0.6 is 0 Å². The molecule has 1 N–H and O–H groups in total. The Balaban J connectivity index is 1.61. The van der Waals surface area contributed by atoms with Crippen LogP contribution in [0.5, 0.6) is 0 Å². The Hall–Kier alpha value is -1.88. The Morgan fingerprint density at radius 1 is 1.17 bits per heavy atom. The molecule has 0 radical (unpaired) electrons. The lowest BCUT2D eigenvalue weighted by molar-refractivity contribution is -0.155. The first-order chi connectivity index (χ1) is 11.7. The van der Waals surface area contributed by atoms with Gasteiger partial charge in [0.25, 0.3) is 0 Å². The average molecular weight is 330 g/mol. The summed E-state index contributed by atoms with van der Waals surface area (Å²) in [4.78, 5) is 26.6. The number of likely N-dealkylation sites (tertiary alicyclic amines) is 1. The summed E-state index contributed by atoms with van der Waals surface area (Å²) >= 11 is 0. The van der Waals surface area contributed by atoms with E-state index < -0.39 is 0 Å². The normalized spacial score (nSPS) is 24.9. The maximum Gasteiger partial charge on any atom is 0.309 e. The highest BCUT2D eigenvalue weighted by Crippen LogP contribution is 2.35. The quantitative estimate of drug-likeness (QED) is 0.812. The van der Waals surface area contributed by atoms with E-state index in [1.54, 1.807) is 0 Å². The van der Waals surface area contributed by atoms with E-state index in [0.717, 1.165) is 25.9 Å². The molecule has 1 saturated heterocycles. The van der Waals surface area contributed by atoms with Crippen molar-refractivity contribution in [3.63, 3.8) is 0 Å². The zero-order valence-corrected chi connectivity index (χ0v) is 14.2. The third-order valence-corrected chi connectivity index (χ3v) is 5.35. The third kappa shape index (κ3) is 3.61. The number of rotatable bonds is 6. The van der Waals surface area contributed by atoms with Crippen LogP contribution in [0, 0.1) is 11.8 Å². The fourth-order valence-corrected chi connectivity index (χ4v) is 3.76. The van der Waals surface area contributed by atoms with Crippen LogP contribution in [0.15, 0.2) is 30.3 Å². The number of ether oxygens (including phenoxy) is 1. The minimum Gasteiger partial charge on any atom is -0.469 e. The van der Waals surface area contributed by atoms with Crippen molar-refractivity contribution in [2.24, 2.45) is 11.8 Å². The monoisotopic (exact) mass is 330 g/mol. The summed E-state index contributed by atoms with van der Waals surface area (Å²) < 4.78 is 4.78. The first kappa shape index (κ1) is 17.0. The molecule has 0 spiro atoms. The van der Waals surface area contributed by atoms with Gasteiger partial charge in [0.2, 0.25) is 5.91 Å². The summed E-state index contributed by atoms with van der Waals surface area (Å²) in [6.45, 7) is 2.74. The molecule has 1 aliphatic carbocycles. The number of amides is 1. The Morgan fingerprint density at radius 3 is 2.42 bits per heavy atom. The second-order valence-corrected chi connectivity index (χ2v) is 6.73. The number of hydrogen-bond donors (Lipinski definition) is 1. The number of nitrogens with one attached hydrogen (secondary N) is 1. The molecular formula is C19H26N2O3. The number of carbonyl (C=O) groups excluding carboxylic acids is 2. The van der Waals surface area contributed by atoms with Gasteiger partial charge < -0.3 is 10.1 Å². The third-order valence-electron chi connectivity index (χ3n) is 5.35. The first-order valence-electron chi connectivity index (χ1n) is 8.85. The molecule has 1 aromatic rings. The molecule has 0 aromatic heterocycles. The number of methoxy groups -OCH3 is 1. The van der Waals surface area contributed by atoms with Crippen LogP contribution in [0.3, 0.4) is 0 Å². The van der Waals surface area contributed by atoms with E-state index in [-0.39, 0.29) is 29.8 Å². The predicted octanol–water partition coefficient (Wildman–Crippen LogP) is 2.14. The molecule has 0 bridgehead atoms. The fourth-order valence-electron chi connectivity index (χ4n) is 3.76. The lowest BCUT2D eigenvalue weighted by Crippen LogP contribution is -2.46. The lowest BCUT2D eigenvalue weighted by Gasteiger charge is -2.34. The van der Waals surface area contributed by atoms with Gasteiger partial charge in [0.05, 0.1) is 25.0 Å². The molecule has 130 valence electrons. The highest BCUT2D eigenvalue weighted by Gasteiger charge is 2.42. The van der Waals surface area contributed by atoms with Crippen LogP contribution in [0.1, 0.15) is 37.3 Å². The van der Waals surface area contributed by atoms with E-state index >= 15 is 0 Å². The Labute approximate surface area is 143 Å². The van der Waals surface area contributed by atoms with Gasteiger partial charge in [-0.2, -0.15) is 0 Å². The zero-order valence-electron chi connectivity index (χ0n) is 14.2. The second-order valence-electron chi connectivity index (χ2n) is 6.73. The molecule has 2 aliphatic rings. The summed E-state index contributed by atoms with van der Waals surface area (Å²) in [6, 6.07) is 10.5. The minimum atomic E-state index is -0.267. The molecule has 1 heterocycles. The van der Waals surface area contributed by atoms with Gasteiger partial charge in [-0.25, -0.2) is 0 Å². The lowest BCUT2D eigenvalue weighted by atomic mass is 9.73. The molecule has 1 aliphatic heterocycles. The van der Waals surface area contributed by atoms with Crippen LogP contribution in [-0.2, 0) is 14.3 Å². The van der Waals surface area contributed by atoms with E-state index in [2.05, 4.69) is 22.3 Å². The molecule has 3 atom stereocenters. The zero-order chi connectivity index (χ0) is 16.9. The average Bonchev–Trinajstić information content (AvgIpc) is 3.09. The van der Waals surface area contributed by atoms with Gasteiger partial charge in [0, 0.05) is 6.54 Å². The van der Waals surface area contributed by atoms with Gasteiger partial charge in [0.1, 0.15) is 0 Å². The summed E-state index contributed by atoms with van der Waals surface area (Å²) in [5, 5.41) is 3.08. The van der Waals surface area contributed by atoms with Gasteiger partial charge in [-0.15, -0.1) is 0 Å². The molecule has 24 heavy (non-hydrogen) atoms. The maximum absolute atomic E-state index is 12.5. The van der Waals surface area contributed by atoms with Gasteiger partial charge in [-0.1, -0.05) is 30.3 Å². The summed E-state index contributed by atoms with van der Waals surface area (Å²) in [5.74, 6) is -0.776. The topological polar surface area (TPSA) is 58.6 Å². The van der Waals surface area contributed by atoms with Gasteiger partial charge in [0.15, 0.2) is 0 Å². The molecule has 1 saturated carbocycles. The van der Waals surface area contributed by atoms with E-state index in [9.17, 15) is 9.59 Å². The smallest absolute Gasteiger partial charge is 0.309 e. The van der Waals surface area contributed by atoms with Crippen LogP contribution in [-0.4, -0.2) is 43.5 Å². The van der Waals surface area contributed by atoms with Crippen LogP contribution < -0.4 is 5.32 Å². The number of hydrogen-bond acceptors (Lipinski definition) is 4. The number of nitrogens with zero attached hydrogens (tertiary/aromatic N) is 1. The Bertz CT molecular complexity index is 569. The largest absolute Gasteiger partial charge is 0.469 e. The standard InChI is InChI=1S/C19H26N2O3/c1-24-19(23)16-10-9-15(16)18(22)20-13-17(21-11-5-6-12-21)14-7-3-2-4-8-14/h2-4,7-8,15-17H,5-6,9-13H2,1H3,(H,20,22)/t15-,16-,17-/m1/s1. The summed E-state index contributed by atoms with van der Waals surface area (Å²) in [6.07, 6.45) is 3.94. The molecule has 5 heteroatoms. The Kier molecular flexibility index (Phi) is 5.51. The molecule has 5 nitrogen and oxygen atoms in total. The second kappa shape index (κ2) is 7.79. The molecule has 1 amide bonds. The van der Waals surface area contributed by atoms with Crippen molar-refractivity contribution >= 4 is 11.9 Å². The predicted molar refractivity (Wildman–Crippen MR) is 91.2 cm³/mol. The van der Waals surface area contributed by atoms with Crippen LogP contribution in [0.25, 0.3) is 0 Å². The van der Waals surface area contributed by atoms with Gasteiger partial charge >= 0.3 is 5.97 Å². The maximum atomic E-state index is 12.5. The molecule has 0 unspecified atom stereocenters. The van der Waals surface area contributed by atoms with Crippen molar-refractivity contribution in [2.75, 3.05) is 26.7 Å². The van der Waals surface area contributed by atoms with E-state index in [0.29, 0.717) is 6.54 Å². The number of esters is 1. The molecule has 1 aromatic carbocycles. The van der Waals surface area contributed by atoms with Crippen molar-refractivity contribution in [2.45, 2.75) is 31.7 Å². The van der Waals surface area contributed by atoms with Crippen molar-refractivity contribution in [1.82, 2.24) is 10.2 Å². The number of benzene rings is 1. The van der Waals surface area contributed by atoms with Crippen molar-refractivity contribution in [1.29, 1.82) is 0 Å². The highest BCUT2D eigenvalue weighted by molar-refractivity contribution is 5.86. The van der Waals surface area contributed by atoms with E-state index in [1.165, 1.54) is 25.5 Å². The Morgan fingerprint density at radius 2 is 1.83 bits per heavy atom. The fraction of sp³-hybridized carbons (Fsp3) is 0.579. The molecule has 3 rings (SSSR count).